The minimum absolute atomic E-state index is 0.483. The highest BCUT2D eigenvalue weighted by molar-refractivity contribution is 6.07. The van der Waals surface area contributed by atoms with Crippen LogP contribution in [0.3, 0.4) is 0 Å². The van der Waals surface area contributed by atoms with Crippen molar-refractivity contribution in [3.05, 3.63) is 645 Å². The molecule has 1 atom stereocenters. The van der Waals surface area contributed by atoms with Gasteiger partial charge < -0.3 is 9.80 Å². The van der Waals surface area contributed by atoms with Crippen molar-refractivity contribution in [2.45, 2.75) is 27.1 Å². The predicted octanol–water partition coefficient (Wildman–Crippen LogP) is 33.7. The first-order valence-electron chi connectivity index (χ1n) is 48.8. The molecule has 0 heterocycles. The molecular weight excluding hydrogens is 1670 g/mol. The molecule has 0 saturated heterocycles. The van der Waals surface area contributed by atoms with E-state index in [1.165, 1.54) is 195 Å². The van der Waals surface area contributed by atoms with Crippen molar-refractivity contribution in [1.29, 1.82) is 0 Å². The normalized spacial score (nSPS) is 15.2. The molecule has 0 N–H and O–H groups in total. The van der Waals surface area contributed by atoms with Crippen molar-refractivity contribution in [3.63, 3.8) is 0 Å². The molecule has 0 aliphatic heterocycles. The van der Waals surface area contributed by atoms with E-state index in [1.54, 1.807) is 0 Å². The second-order valence-electron chi connectivity index (χ2n) is 38.4. The van der Waals surface area contributed by atoms with Crippen LogP contribution in [0.25, 0.3) is 100 Å². The number of hydrogen-bond acceptors (Lipinski definition) is 2. The molecule has 29 rings (SSSR count). The van der Waals surface area contributed by atoms with E-state index in [2.05, 4.69) is 544 Å². The first kappa shape index (κ1) is 78.9. The SMILES string of the molecule is c1ccc(C2(c3ccccc3)c3ccccc3-c3ccc(N(c4cccc5c4-c4ccccc4C5(c4ccccc4)c4ccccc4)c4cccc5c4-c4ccccc4C54c5ccccc5-c5cc(-c6ccc(-c7ccc(N(c8ccc9c(c8)-c8ccccc8C98c9ccccc9-c9ccccc98)c8cccc9c8-c8ccccc8C9(c8ccccc8)c8ccccc8)cc7)cc6)ccc54)cc32)cc1. The Bertz CT molecular complexity index is 8640. The zero-order chi connectivity index (χ0) is 91.3. The van der Waals surface area contributed by atoms with Crippen molar-refractivity contribution in [2.24, 2.45) is 0 Å². The van der Waals surface area contributed by atoms with E-state index in [9.17, 15) is 0 Å². The molecule has 2 spiro atoms. The summed E-state index contributed by atoms with van der Waals surface area (Å²) in [5.41, 5.74) is 50.9. The first-order valence-corrected chi connectivity index (χ1v) is 48.8. The first-order chi connectivity index (χ1) is 69.0. The van der Waals surface area contributed by atoms with Crippen LogP contribution in [0.1, 0.15) is 111 Å². The summed E-state index contributed by atoms with van der Waals surface area (Å²) in [6.45, 7) is 0. The molecule has 22 aromatic rings. The molecule has 22 aromatic carbocycles. The Balaban J connectivity index is 0.575. The molecular formula is C137H88N2. The highest BCUT2D eigenvalue weighted by Gasteiger charge is 2.57. The van der Waals surface area contributed by atoms with E-state index < -0.39 is 27.1 Å². The van der Waals surface area contributed by atoms with E-state index in [0.717, 1.165) is 50.8 Å². The van der Waals surface area contributed by atoms with Crippen molar-refractivity contribution in [2.75, 3.05) is 9.80 Å². The van der Waals surface area contributed by atoms with Gasteiger partial charge in [-0.15, -0.1) is 0 Å². The fraction of sp³-hybridized carbons (Fsp3) is 0.0365. The van der Waals surface area contributed by atoms with Crippen LogP contribution < -0.4 is 9.80 Å². The van der Waals surface area contributed by atoms with Gasteiger partial charge in [0.05, 0.1) is 44.1 Å². The van der Waals surface area contributed by atoms with E-state index >= 15 is 0 Å². The van der Waals surface area contributed by atoms with Gasteiger partial charge in [-0.3, -0.25) is 0 Å². The van der Waals surface area contributed by atoms with Gasteiger partial charge in [0.25, 0.3) is 0 Å². The molecule has 0 amide bonds. The molecule has 2 heteroatoms. The summed E-state index contributed by atoms with van der Waals surface area (Å²) in [6.07, 6.45) is 0. The summed E-state index contributed by atoms with van der Waals surface area (Å²) in [6, 6.07) is 203. The van der Waals surface area contributed by atoms with Crippen LogP contribution in [0.2, 0.25) is 0 Å². The Hall–Kier alpha value is -17.6. The second kappa shape index (κ2) is 30.2. The fourth-order valence-electron chi connectivity index (χ4n) is 27.2. The Morgan fingerprint density at radius 2 is 0.338 bits per heavy atom. The molecule has 0 saturated carbocycles. The van der Waals surface area contributed by atoms with Gasteiger partial charge >= 0.3 is 0 Å². The molecule has 139 heavy (non-hydrogen) atoms. The van der Waals surface area contributed by atoms with Crippen LogP contribution in [0.5, 0.6) is 0 Å². The maximum Gasteiger partial charge on any atom is 0.0726 e. The third-order valence-electron chi connectivity index (χ3n) is 32.4. The van der Waals surface area contributed by atoms with Crippen LogP contribution in [-0.2, 0) is 27.1 Å². The molecule has 0 radical (unpaired) electrons. The van der Waals surface area contributed by atoms with Gasteiger partial charge in [-0.05, 0) is 255 Å². The molecule has 7 aliphatic rings. The summed E-state index contributed by atoms with van der Waals surface area (Å²) < 4.78 is 0. The molecule has 0 bridgehead atoms. The molecule has 7 aliphatic carbocycles. The van der Waals surface area contributed by atoms with Gasteiger partial charge in [0.15, 0.2) is 0 Å². The quantitative estimate of drug-likeness (QED) is 0.107. The van der Waals surface area contributed by atoms with E-state index in [-0.39, 0.29) is 0 Å². The zero-order valence-electron chi connectivity index (χ0n) is 76.2. The summed E-state index contributed by atoms with van der Waals surface area (Å²) in [5.74, 6) is 0. The molecule has 0 aromatic heterocycles. The molecule has 1 unspecified atom stereocenters. The Kier molecular flexibility index (Phi) is 17.2. The maximum atomic E-state index is 2.67. The average Bonchev–Trinajstić information content (AvgIpc) is 1.50. The Morgan fingerprint density at radius 3 is 0.719 bits per heavy atom. The Morgan fingerprint density at radius 1 is 0.115 bits per heavy atom. The monoisotopic (exact) mass is 1760 g/mol. The maximum absolute atomic E-state index is 2.67. The number of fused-ring (bicyclic) bond motifs is 29. The van der Waals surface area contributed by atoms with Gasteiger partial charge in [-0.2, -0.15) is 0 Å². The van der Waals surface area contributed by atoms with Crippen molar-refractivity contribution in [3.8, 4) is 100 Å². The van der Waals surface area contributed by atoms with Gasteiger partial charge in [-0.1, -0.05) is 473 Å². The Labute approximate surface area is 810 Å². The van der Waals surface area contributed by atoms with Crippen LogP contribution in [0, 0.1) is 0 Å². The zero-order valence-corrected chi connectivity index (χ0v) is 76.2. The third-order valence-corrected chi connectivity index (χ3v) is 32.4. The van der Waals surface area contributed by atoms with E-state index in [1.807, 2.05) is 0 Å². The van der Waals surface area contributed by atoms with Crippen molar-refractivity contribution >= 4 is 34.1 Å². The van der Waals surface area contributed by atoms with Crippen LogP contribution >= 0.6 is 0 Å². The minimum atomic E-state index is -0.690. The number of rotatable bonds is 14. The van der Waals surface area contributed by atoms with Crippen molar-refractivity contribution in [1.82, 2.24) is 0 Å². The second-order valence-corrected chi connectivity index (χ2v) is 38.4. The topological polar surface area (TPSA) is 6.48 Å². The number of anilines is 6. The van der Waals surface area contributed by atoms with Crippen LogP contribution in [0.4, 0.5) is 34.1 Å². The lowest BCUT2D eigenvalue weighted by molar-refractivity contribution is 0.768. The molecule has 2 nitrogen and oxygen atoms in total. The highest BCUT2D eigenvalue weighted by Crippen LogP contribution is 2.70. The average molecular weight is 1760 g/mol. The highest BCUT2D eigenvalue weighted by atomic mass is 15.2. The van der Waals surface area contributed by atoms with E-state index in [0.29, 0.717) is 0 Å². The lowest BCUT2D eigenvalue weighted by Gasteiger charge is -2.36. The number of benzene rings is 22. The van der Waals surface area contributed by atoms with Crippen molar-refractivity contribution < 1.29 is 0 Å². The number of hydrogen-bond donors (Lipinski definition) is 0. The van der Waals surface area contributed by atoms with Gasteiger partial charge in [0.1, 0.15) is 0 Å². The summed E-state index contributed by atoms with van der Waals surface area (Å²) in [7, 11) is 0. The lowest BCUT2D eigenvalue weighted by Crippen LogP contribution is -2.29. The van der Waals surface area contributed by atoms with E-state index in [4.69, 9.17) is 0 Å². The molecule has 646 valence electrons. The van der Waals surface area contributed by atoms with Crippen LogP contribution in [-0.4, -0.2) is 0 Å². The number of nitrogens with zero attached hydrogens (tertiary/aromatic N) is 2. The third kappa shape index (κ3) is 10.6. The minimum Gasteiger partial charge on any atom is -0.310 e. The lowest BCUT2D eigenvalue weighted by atomic mass is 9.67. The van der Waals surface area contributed by atoms with Gasteiger partial charge in [0.2, 0.25) is 0 Å². The fourth-order valence-corrected chi connectivity index (χ4v) is 27.2. The summed E-state index contributed by atoms with van der Waals surface area (Å²) in [5, 5.41) is 0. The van der Waals surface area contributed by atoms with Crippen LogP contribution in [0.15, 0.2) is 534 Å². The summed E-state index contributed by atoms with van der Waals surface area (Å²) in [4.78, 5) is 5.23. The predicted molar refractivity (Wildman–Crippen MR) is 571 cm³/mol. The summed E-state index contributed by atoms with van der Waals surface area (Å²) >= 11 is 0. The van der Waals surface area contributed by atoms with Gasteiger partial charge in [-0.25, -0.2) is 0 Å². The largest absolute Gasteiger partial charge is 0.310 e. The smallest absolute Gasteiger partial charge is 0.0726 e. The molecule has 0 fully saturated rings. The van der Waals surface area contributed by atoms with Gasteiger partial charge in [0, 0.05) is 33.8 Å². The standard InChI is InChI=1S/C137H88N2/c1-7-38-93(39-8-1)133(94-40-9-2-10-41-94)118-63-32-24-55-108(118)130-123(133)66-35-69-127(130)138(100-82-85-122-112(87-100)106-54-23-30-61-116(106)136(122)114-59-28-20-50-102(114)103-51-21-29-60-115(103)136)99-79-76-90(77-80-99)89-72-74-91(75-73-89)92-78-84-121-111(86-92)105-53-22-31-62-117(105)137(121)120-65-34-26-57-110(120)132-125(137)68-37-71-129(132)139(101-81-83-107-104-52-19-27-58-113(104)135(126(107)88-101,97-46-15-5-16-47-97)98-48-17-6-18-49-98)128-70-36-67-124-131(128)109-56-25-33-64-119(109)134(124,95-42-11-3-12-43-95)96-44-13-4-14-45-96/h1-88H.